The standard InChI is InChI=1S/C25H26Cl2N2O2/c1-17(29-23(30)24(2,3)31-22-13-5-6-14-28-22)25(4,18-9-7-11-20(26)15-18)19-10-8-12-21(27)16-19/h5-17H,1-4H3,(H,29,30). The fraction of sp³-hybridized carbons (Fsp3) is 0.280. The summed E-state index contributed by atoms with van der Waals surface area (Å²) >= 11 is 12.6. The molecule has 31 heavy (non-hydrogen) atoms. The number of carbonyl (C=O) groups is 1. The Labute approximate surface area is 193 Å². The van der Waals surface area contributed by atoms with E-state index in [0.717, 1.165) is 11.1 Å². The van der Waals surface area contributed by atoms with Crippen LogP contribution in [0.4, 0.5) is 0 Å². The van der Waals surface area contributed by atoms with Gasteiger partial charge in [0.2, 0.25) is 5.88 Å². The van der Waals surface area contributed by atoms with E-state index < -0.39 is 11.0 Å². The lowest BCUT2D eigenvalue weighted by Gasteiger charge is -2.39. The number of benzene rings is 2. The minimum Gasteiger partial charge on any atom is -0.462 e. The number of nitrogens with zero attached hydrogens (tertiary/aromatic N) is 1. The lowest BCUT2D eigenvalue weighted by Crippen LogP contribution is -2.55. The zero-order valence-corrected chi connectivity index (χ0v) is 19.5. The van der Waals surface area contributed by atoms with Crippen LogP contribution in [0.5, 0.6) is 5.88 Å². The maximum Gasteiger partial charge on any atom is 0.263 e. The van der Waals surface area contributed by atoms with Crippen LogP contribution in [0, 0.1) is 0 Å². The minimum absolute atomic E-state index is 0.249. The van der Waals surface area contributed by atoms with Crippen molar-refractivity contribution in [1.29, 1.82) is 0 Å². The molecule has 1 unspecified atom stereocenters. The van der Waals surface area contributed by atoms with E-state index in [4.69, 9.17) is 27.9 Å². The second-order valence-electron chi connectivity index (χ2n) is 8.20. The normalized spacial score (nSPS) is 12.8. The van der Waals surface area contributed by atoms with Crippen molar-refractivity contribution in [1.82, 2.24) is 10.3 Å². The molecule has 6 heteroatoms. The third-order valence-electron chi connectivity index (χ3n) is 5.61. The molecule has 0 bridgehead atoms. The summed E-state index contributed by atoms with van der Waals surface area (Å²) in [5.74, 6) is 0.142. The predicted octanol–water partition coefficient (Wildman–Crippen LogP) is 6.06. The third-order valence-corrected chi connectivity index (χ3v) is 6.08. The van der Waals surface area contributed by atoms with Gasteiger partial charge >= 0.3 is 0 Å². The molecule has 0 fully saturated rings. The predicted molar refractivity (Wildman–Crippen MR) is 126 cm³/mol. The number of amides is 1. The first-order chi connectivity index (χ1) is 14.6. The van der Waals surface area contributed by atoms with E-state index in [1.807, 2.05) is 61.5 Å². The molecule has 0 radical (unpaired) electrons. The highest BCUT2D eigenvalue weighted by Gasteiger charge is 2.39. The van der Waals surface area contributed by atoms with Crippen molar-refractivity contribution in [2.24, 2.45) is 0 Å². The number of nitrogens with one attached hydrogen (secondary N) is 1. The smallest absolute Gasteiger partial charge is 0.263 e. The fourth-order valence-electron chi connectivity index (χ4n) is 3.52. The Morgan fingerprint density at radius 1 is 0.935 bits per heavy atom. The van der Waals surface area contributed by atoms with Gasteiger partial charge < -0.3 is 10.1 Å². The lowest BCUT2D eigenvalue weighted by molar-refractivity contribution is -0.135. The minimum atomic E-state index is -1.12. The van der Waals surface area contributed by atoms with Crippen LogP contribution in [0.3, 0.4) is 0 Å². The van der Waals surface area contributed by atoms with E-state index in [-0.39, 0.29) is 11.9 Å². The molecule has 162 valence electrons. The molecule has 1 aromatic heterocycles. The van der Waals surface area contributed by atoms with Crippen LogP contribution in [0.1, 0.15) is 38.8 Å². The SMILES string of the molecule is CC(NC(=O)C(C)(C)Oc1ccccn1)C(C)(c1cccc(Cl)c1)c1cccc(Cl)c1. The molecule has 0 saturated carbocycles. The van der Waals surface area contributed by atoms with Crippen molar-refractivity contribution in [3.63, 3.8) is 0 Å². The van der Waals surface area contributed by atoms with E-state index in [9.17, 15) is 4.79 Å². The number of ether oxygens (including phenoxy) is 1. The molecule has 3 rings (SSSR count). The molecular formula is C25H26Cl2N2O2. The van der Waals surface area contributed by atoms with E-state index in [1.165, 1.54) is 0 Å². The Bertz CT molecular complexity index is 1010. The molecule has 1 heterocycles. The third kappa shape index (κ3) is 5.20. The molecule has 0 saturated heterocycles. The van der Waals surface area contributed by atoms with Crippen LogP contribution in [0.15, 0.2) is 72.9 Å². The molecular weight excluding hydrogens is 431 g/mol. The fourth-order valence-corrected chi connectivity index (χ4v) is 3.90. The molecule has 4 nitrogen and oxygen atoms in total. The first-order valence-corrected chi connectivity index (χ1v) is 10.8. The first kappa shape index (κ1) is 23.1. The highest BCUT2D eigenvalue weighted by atomic mass is 35.5. The molecule has 0 aliphatic rings. The van der Waals surface area contributed by atoms with Gasteiger partial charge in [-0.15, -0.1) is 0 Å². The Balaban J connectivity index is 1.93. The summed E-state index contributed by atoms with van der Waals surface area (Å²) in [5.41, 5.74) is 0.232. The van der Waals surface area contributed by atoms with Crippen molar-refractivity contribution in [2.45, 2.75) is 44.8 Å². The molecule has 1 amide bonds. The van der Waals surface area contributed by atoms with Crippen LogP contribution >= 0.6 is 23.2 Å². The molecule has 2 aromatic carbocycles. The number of hydrogen-bond donors (Lipinski definition) is 1. The summed E-state index contributed by atoms with van der Waals surface area (Å²) in [5, 5.41) is 4.39. The number of pyridine rings is 1. The maximum absolute atomic E-state index is 13.2. The van der Waals surface area contributed by atoms with Crippen LogP contribution in [-0.2, 0) is 10.2 Å². The van der Waals surface area contributed by atoms with Crippen molar-refractivity contribution in [3.05, 3.63) is 94.1 Å². The number of hydrogen-bond acceptors (Lipinski definition) is 3. The highest BCUT2D eigenvalue weighted by Crippen LogP contribution is 2.37. The van der Waals surface area contributed by atoms with E-state index in [2.05, 4.69) is 17.2 Å². The van der Waals surface area contributed by atoms with Gasteiger partial charge in [0.1, 0.15) is 0 Å². The van der Waals surface area contributed by atoms with E-state index in [0.29, 0.717) is 15.9 Å². The zero-order chi connectivity index (χ0) is 22.6. The number of aromatic nitrogens is 1. The molecule has 0 aliphatic heterocycles. The van der Waals surface area contributed by atoms with Crippen LogP contribution < -0.4 is 10.1 Å². The highest BCUT2D eigenvalue weighted by molar-refractivity contribution is 6.31. The summed E-state index contributed by atoms with van der Waals surface area (Å²) in [6, 6.07) is 20.3. The second-order valence-corrected chi connectivity index (χ2v) is 9.07. The topological polar surface area (TPSA) is 51.2 Å². The van der Waals surface area contributed by atoms with E-state index in [1.54, 1.807) is 32.2 Å². The van der Waals surface area contributed by atoms with Gasteiger partial charge in [-0.3, -0.25) is 4.79 Å². The van der Waals surface area contributed by atoms with Crippen molar-refractivity contribution in [3.8, 4) is 5.88 Å². The average Bonchev–Trinajstić information content (AvgIpc) is 2.73. The Kier molecular flexibility index (Phi) is 6.93. The van der Waals surface area contributed by atoms with Gasteiger partial charge in [0, 0.05) is 33.8 Å². The van der Waals surface area contributed by atoms with Gasteiger partial charge in [-0.05, 0) is 69.2 Å². The van der Waals surface area contributed by atoms with E-state index >= 15 is 0 Å². The van der Waals surface area contributed by atoms with Crippen molar-refractivity contribution >= 4 is 29.1 Å². The number of rotatable bonds is 7. The lowest BCUT2D eigenvalue weighted by atomic mass is 9.71. The summed E-state index contributed by atoms with van der Waals surface area (Å²) in [6.45, 7) is 7.48. The Hall–Kier alpha value is -2.56. The summed E-state index contributed by atoms with van der Waals surface area (Å²) in [4.78, 5) is 17.4. The Morgan fingerprint density at radius 2 is 1.52 bits per heavy atom. The summed E-state index contributed by atoms with van der Waals surface area (Å²) in [7, 11) is 0. The van der Waals surface area contributed by atoms with Gasteiger partial charge in [0.25, 0.3) is 5.91 Å². The first-order valence-electron chi connectivity index (χ1n) is 10.1. The van der Waals surface area contributed by atoms with Gasteiger partial charge in [-0.1, -0.05) is 53.5 Å². The summed E-state index contributed by atoms with van der Waals surface area (Å²) in [6.07, 6.45) is 1.63. The summed E-state index contributed by atoms with van der Waals surface area (Å²) < 4.78 is 5.86. The molecule has 0 aliphatic carbocycles. The number of carbonyl (C=O) groups excluding carboxylic acids is 1. The van der Waals surface area contributed by atoms with Gasteiger partial charge in [0.05, 0.1) is 0 Å². The average molecular weight is 457 g/mol. The largest absolute Gasteiger partial charge is 0.462 e. The maximum atomic E-state index is 13.2. The molecule has 1 atom stereocenters. The van der Waals surface area contributed by atoms with Crippen LogP contribution in [0.25, 0.3) is 0 Å². The monoisotopic (exact) mass is 456 g/mol. The van der Waals surface area contributed by atoms with Gasteiger partial charge in [-0.25, -0.2) is 4.98 Å². The van der Waals surface area contributed by atoms with Crippen molar-refractivity contribution in [2.75, 3.05) is 0 Å². The molecule has 3 aromatic rings. The zero-order valence-electron chi connectivity index (χ0n) is 18.0. The number of halogens is 2. The van der Waals surface area contributed by atoms with Crippen LogP contribution in [-0.4, -0.2) is 22.5 Å². The van der Waals surface area contributed by atoms with Gasteiger partial charge in [0.15, 0.2) is 5.60 Å². The second kappa shape index (κ2) is 9.29. The van der Waals surface area contributed by atoms with Gasteiger partial charge in [-0.2, -0.15) is 0 Å². The quantitative estimate of drug-likeness (QED) is 0.470. The van der Waals surface area contributed by atoms with Crippen LogP contribution in [0.2, 0.25) is 10.0 Å². The Morgan fingerprint density at radius 3 is 2.00 bits per heavy atom. The molecule has 0 spiro atoms. The van der Waals surface area contributed by atoms with Crippen molar-refractivity contribution < 1.29 is 9.53 Å². The molecule has 1 N–H and O–H groups in total.